The quantitative estimate of drug-likeness (QED) is 0.486. The van der Waals surface area contributed by atoms with Gasteiger partial charge in [-0.1, -0.05) is 6.92 Å². The number of hydrogen-bond acceptors (Lipinski definition) is 7. The Labute approximate surface area is 217 Å². The number of anilines is 1. The number of hydrazine groups is 1. The monoisotopic (exact) mass is 529 g/mol. The number of hydrogen-bond donors (Lipinski definition) is 2. The van der Waals surface area contributed by atoms with Crippen molar-refractivity contribution in [3.05, 3.63) is 63.2 Å². The molecule has 1 amide bonds. The summed E-state index contributed by atoms with van der Waals surface area (Å²) in [5.74, 6) is -1.06. The normalized spacial score (nSPS) is 17.0. The average molecular weight is 530 g/mol. The molecule has 0 bridgehead atoms. The summed E-state index contributed by atoms with van der Waals surface area (Å²) in [7, 11) is 0. The summed E-state index contributed by atoms with van der Waals surface area (Å²) in [5, 5.41) is 2.31. The number of aromatic amines is 1. The first-order valence-electron chi connectivity index (χ1n) is 12.9. The number of rotatable bonds is 7. The van der Waals surface area contributed by atoms with Gasteiger partial charge < -0.3 is 9.88 Å². The molecule has 3 aromatic heterocycles. The lowest BCUT2D eigenvalue weighted by Gasteiger charge is -2.36. The van der Waals surface area contributed by atoms with Gasteiger partial charge in [0.1, 0.15) is 11.4 Å². The number of alkyl halides is 2. The molecular formula is C26H30F3N7O2. The van der Waals surface area contributed by atoms with Crippen LogP contribution in [0.15, 0.2) is 29.2 Å². The largest absolute Gasteiger partial charge is 0.367 e. The maximum Gasteiger partial charge on any atom is 0.284 e. The number of halogens is 3. The third-order valence-electron chi connectivity index (χ3n) is 7.16. The van der Waals surface area contributed by atoms with E-state index in [9.17, 15) is 18.4 Å². The summed E-state index contributed by atoms with van der Waals surface area (Å²) in [6, 6.07) is 4.65. The first-order valence-corrected chi connectivity index (χ1v) is 12.9. The summed E-state index contributed by atoms with van der Waals surface area (Å²) >= 11 is 0. The predicted molar refractivity (Wildman–Crippen MR) is 137 cm³/mol. The summed E-state index contributed by atoms with van der Waals surface area (Å²) in [6.07, 6.45) is 1.21. The van der Waals surface area contributed by atoms with Crippen molar-refractivity contribution in [2.24, 2.45) is 0 Å². The second-order valence-electron chi connectivity index (χ2n) is 9.63. The molecule has 5 rings (SSSR count). The van der Waals surface area contributed by atoms with Gasteiger partial charge in [0, 0.05) is 63.0 Å². The molecule has 2 aliphatic rings. The number of aryl methyl sites for hydroxylation is 1. The van der Waals surface area contributed by atoms with Crippen molar-refractivity contribution in [1.29, 1.82) is 0 Å². The molecule has 5 heterocycles. The van der Waals surface area contributed by atoms with Crippen LogP contribution in [-0.2, 0) is 13.0 Å². The van der Waals surface area contributed by atoms with E-state index in [4.69, 9.17) is 0 Å². The van der Waals surface area contributed by atoms with Crippen LogP contribution in [-0.4, -0.2) is 70.0 Å². The second-order valence-corrected chi connectivity index (χ2v) is 9.63. The minimum Gasteiger partial charge on any atom is -0.367 e. The van der Waals surface area contributed by atoms with Gasteiger partial charge in [0.05, 0.1) is 16.9 Å². The number of nitrogens with one attached hydrogen (secondary N) is 2. The lowest BCUT2D eigenvalue weighted by molar-refractivity contribution is 0.0818. The Kier molecular flexibility index (Phi) is 7.61. The zero-order valence-corrected chi connectivity index (χ0v) is 21.1. The van der Waals surface area contributed by atoms with E-state index in [0.717, 1.165) is 25.9 Å². The molecule has 0 spiro atoms. The Morgan fingerprint density at radius 2 is 1.87 bits per heavy atom. The van der Waals surface area contributed by atoms with Crippen molar-refractivity contribution in [2.45, 2.75) is 39.2 Å². The van der Waals surface area contributed by atoms with Gasteiger partial charge >= 0.3 is 0 Å². The third-order valence-corrected chi connectivity index (χ3v) is 7.16. The Morgan fingerprint density at radius 3 is 2.55 bits per heavy atom. The topological polar surface area (TPSA) is 97.5 Å². The molecule has 9 nitrogen and oxygen atoms in total. The highest BCUT2D eigenvalue weighted by molar-refractivity contribution is 5.92. The summed E-state index contributed by atoms with van der Waals surface area (Å²) in [6.45, 7) is 5.37. The van der Waals surface area contributed by atoms with E-state index in [0.29, 0.717) is 43.5 Å². The third kappa shape index (κ3) is 5.37. The molecule has 38 heavy (non-hydrogen) atoms. The summed E-state index contributed by atoms with van der Waals surface area (Å²) < 4.78 is 43.0. The van der Waals surface area contributed by atoms with Gasteiger partial charge in [-0.25, -0.2) is 23.2 Å². The van der Waals surface area contributed by atoms with Crippen LogP contribution in [0.4, 0.5) is 18.9 Å². The summed E-state index contributed by atoms with van der Waals surface area (Å²) in [5.41, 5.74) is 3.15. The number of carbonyl (C=O) groups is 1. The van der Waals surface area contributed by atoms with Gasteiger partial charge in [-0.3, -0.25) is 24.9 Å². The number of piperazine rings is 1. The Hall–Kier alpha value is -3.51. The van der Waals surface area contributed by atoms with E-state index >= 15 is 4.39 Å². The minimum absolute atomic E-state index is 0.0449. The van der Waals surface area contributed by atoms with Crippen LogP contribution in [0.25, 0.3) is 10.9 Å². The molecule has 12 heteroatoms. The van der Waals surface area contributed by atoms with Gasteiger partial charge in [-0.15, -0.1) is 0 Å². The maximum atomic E-state index is 15.2. The maximum absolute atomic E-state index is 15.2. The molecule has 2 fully saturated rings. The number of pyridine rings is 3. The molecular weight excluding hydrogens is 499 g/mol. The number of nitrogens with zero attached hydrogens (tertiary/aromatic N) is 5. The fourth-order valence-corrected chi connectivity index (χ4v) is 5.01. The lowest BCUT2D eigenvalue weighted by atomic mass is 10.1. The van der Waals surface area contributed by atoms with Crippen molar-refractivity contribution < 1.29 is 18.0 Å². The fourth-order valence-electron chi connectivity index (χ4n) is 5.01. The minimum atomic E-state index is -2.84. The molecule has 0 radical (unpaired) electrons. The van der Waals surface area contributed by atoms with Crippen molar-refractivity contribution in [1.82, 2.24) is 30.3 Å². The molecule has 0 aliphatic carbocycles. The van der Waals surface area contributed by atoms with E-state index in [1.54, 1.807) is 22.2 Å². The standard InChI is InChI=1S/C26H30F3N7O2/c1-2-16-13-17-14-30-19(21(27)22(17)32-25(16)37)15-34-9-11-35(12-10-34)20-6-5-18(31-23(20)24(28)29)26(38)33-36-7-3-4-8-36/h5-6,13-14,24H,2-4,7-12,15H2,1H3,(H,32,37)(H,33,38). The first kappa shape index (κ1) is 26.1. The number of carbonyl (C=O) groups excluding carboxylic acids is 1. The fraction of sp³-hybridized carbons (Fsp3) is 0.462. The Balaban J connectivity index is 1.26. The van der Waals surface area contributed by atoms with E-state index in [-0.39, 0.29) is 34.7 Å². The van der Waals surface area contributed by atoms with Crippen molar-refractivity contribution in [3.63, 3.8) is 0 Å². The van der Waals surface area contributed by atoms with Gasteiger partial charge in [0.15, 0.2) is 5.82 Å². The molecule has 2 saturated heterocycles. The number of aromatic nitrogens is 3. The molecule has 202 valence electrons. The molecule has 0 unspecified atom stereocenters. The van der Waals surface area contributed by atoms with Crippen LogP contribution < -0.4 is 15.9 Å². The van der Waals surface area contributed by atoms with Gasteiger partial charge in [-0.05, 0) is 37.5 Å². The lowest BCUT2D eigenvalue weighted by Crippen LogP contribution is -2.46. The van der Waals surface area contributed by atoms with Crippen LogP contribution in [0.3, 0.4) is 0 Å². The smallest absolute Gasteiger partial charge is 0.284 e. The molecule has 0 atom stereocenters. The predicted octanol–water partition coefficient (Wildman–Crippen LogP) is 3.02. The van der Waals surface area contributed by atoms with Crippen molar-refractivity contribution >= 4 is 22.5 Å². The zero-order chi connectivity index (χ0) is 26.8. The number of H-pyrrole nitrogens is 1. The van der Waals surface area contributed by atoms with E-state index < -0.39 is 23.8 Å². The average Bonchev–Trinajstić information content (AvgIpc) is 3.43. The SMILES string of the molecule is CCc1cc2cnc(CN3CCN(c4ccc(C(=O)NN5CCCC5)nc4C(F)F)CC3)c(F)c2[nH]c1=O. The Morgan fingerprint density at radius 1 is 1.13 bits per heavy atom. The van der Waals surface area contributed by atoms with E-state index in [1.165, 1.54) is 12.1 Å². The Bertz CT molecular complexity index is 1380. The van der Waals surface area contributed by atoms with Gasteiger partial charge in [-0.2, -0.15) is 0 Å². The van der Waals surface area contributed by atoms with E-state index in [2.05, 4.69) is 20.4 Å². The highest BCUT2D eigenvalue weighted by Crippen LogP contribution is 2.30. The molecule has 2 N–H and O–H groups in total. The van der Waals surface area contributed by atoms with Crippen LogP contribution >= 0.6 is 0 Å². The van der Waals surface area contributed by atoms with Gasteiger partial charge in [0.25, 0.3) is 17.9 Å². The number of fused-ring (bicyclic) bond motifs is 1. The molecule has 3 aromatic rings. The van der Waals surface area contributed by atoms with Crippen LogP contribution in [0.2, 0.25) is 0 Å². The van der Waals surface area contributed by atoms with Crippen LogP contribution in [0.5, 0.6) is 0 Å². The highest BCUT2D eigenvalue weighted by atomic mass is 19.3. The second kappa shape index (κ2) is 11.1. The van der Waals surface area contributed by atoms with E-state index in [1.807, 2.05) is 11.8 Å². The molecule has 2 aliphatic heterocycles. The van der Waals surface area contributed by atoms with Crippen molar-refractivity contribution in [3.8, 4) is 0 Å². The number of amides is 1. The molecule has 0 aromatic carbocycles. The molecule has 0 saturated carbocycles. The zero-order valence-electron chi connectivity index (χ0n) is 21.1. The van der Waals surface area contributed by atoms with Gasteiger partial charge in [0.2, 0.25) is 0 Å². The van der Waals surface area contributed by atoms with Crippen molar-refractivity contribution in [2.75, 3.05) is 44.2 Å². The summed E-state index contributed by atoms with van der Waals surface area (Å²) in [4.78, 5) is 39.4. The van der Waals surface area contributed by atoms with Crippen LogP contribution in [0.1, 0.15) is 53.6 Å². The first-order chi connectivity index (χ1) is 18.3. The van der Waals surface area contributed by atoms with Crippen LogP contribution in [0, 0.1) is 5.82 Å². The highest BCUT2D eigenvalue weighted by Gasteiger charge is 2.26.